The highest BCUT2D eigenvalue weighted by molar-refractivity contribution is 9.10. The molecule has 2 unspecified atom stereocenters. The molecule has 0 fully saturated rings. The van der Waals surface area contributed by atoms with Crippen molar-refractivity contribution >= 4 is 27.7 Å². The Bertz CT molecular complexity index is 506. The standard InChI is InChI=1S/C16H22BrNOS/c1-3-6-18-15-13(4-2)20-9-11-14(15)12(17)8-10-5-7-19-16(10)11/h8,13,15,18H,3-7,9H2,1-2H3. The van der Waals surface area contributed by atoms with E-state index in [4.69, 9.17) is 4.74 Å². The molecule has 0 saturated carbocycles. The Balaban J connectivity index is 2.04. The second kappa shape index (κ2) is 6.29. The van der Waals surface area contributed by atoms with E-state index in [1.807, 2.05) is 0 Å². The molecule has 2 aliphatic heterocycles. The van der Waals surface area contributed by atoms with Gasteiger partial charge in [0, 0.05) is 33.5 Å². The zero-order chi connectivity index (χ0) is 14.1. The first-order chi connectivity index (χ1) is 9.76. The zero-order valence-electron chi connectivity index (χ0n) is 12.2. The molecule has 0 amide bonds. The molecule has 0 aromatic heterocycles. The van der Waals surface area contributed by atoms with Gasteiger partial charge < -0.3 is 10.1 Å². The van der Waals surface area contributed by atoms with Crippen molar-refractivity contribution in [3.05, 3.63) is 27.2 Å². The van der Waals surface area contributed by atoms with E-state index in [2.05, 4.69) is 52.9 Å². The van der Waals surface area contributed by atoms with Gasteiger partial charge in [0.05, 0.1) is 6.61 Å². The van der Waals surface area contributed by atoms with E-state index in [0.29, 0.717) is 11.3 Å². The molecular formula is C16H22BrNOS. The summed E-state index contributed by atoms with van der Waals surface area (Å²) in [4.78, 5) is 0. The number of fused-ring (bicyclic) bond motifs is 3. The van der Waals surface area contributed by atoms with Crippen LogP contribution in [0.25, 0.3) is 0 Å². The summed E-state index contributed by atoms with van der Waals surface area (Å²) in [5.41, 5.74) is 4.25. The van der Waals surface area contributed by atoms with E-state index in [1.54, 1.807) is 0 Å². The smallest absolute Gasteiger partial charge is 0.127 e. The van der Waals surface area contributed by atoms with Crippen LogP contribution in [0.1, 0.15) is 49.4 Å². The number of halogens is 1. The van der Waals surface area contributed by atoms with Crippen molar-refractivity contribution < 1.29 is 4.74 Å². The van der Waals surface area contributed by atoms with Crippen molar-refractivity contribution in [3.63, 3.8) is 0 Å². The Morgan fingerprint density at radius 1 is 1.45 bits per heavy atom. The highest BCUT2D eigenvalue weighted by Crippen LogP contribution is 2.48. The van der Waals surface area contributed by atoms with Gasteiger partial charge in [0.1, 0.15) is 5.75 Å². The average molecular weight is 356 g/mol. The van der Waals surface area contributed by atoms with Gasteiger partial charge >= 0.3 is 0 Å². The quantitative estimate of drug-likeness (QED) is 0.861. The molecule has 1 aromatic rings. The summed E-state index contributed by atoms with van der Waals surface area (Å²) in [5.74, 6) is 2.26. The number of ether oxygens (including phenoxy) is 1. The lowest BCUT2D eigenvalue weighted by atomic mass is 9.93. The lowest BCUT2D eigenvalue weighted by Gasteiger charge is -2.35. The van der Waals surface area contributed by atoms with Crippen LogP contribution in [0.2, 0.25) is 0 Å². The van der Waals surface area contributed by atoms with Gasteiger partial charge in [-0.25, -0.2) is 0 Å². The molecule has 0 saturated heterocycles. The third kappa shape index (κ3) is 2.51. The fourth-order valence-corrected chi connectivity index (χ4v) is 5.31. The number of hydrogen-bond acceptors (Lipinski definition) is 3. The predicted molar refractivity (Wildman–Crippen MR) is 89.7 cm³/mol. The third-order valence-corrected chi connectivity index (χ3v) is 6.35. The van der Waals surface area contributed by atoms with E-state index >= 15 is 0 Å². The van der Waals surface area contributed by atoms with Crippen LogP contribution in [0.15, 0.2) is 10.5 Å². The molecular weight excluding hydrogens is 334 g/mol. The topological polar surface area (TPSA) is 21.3 Å². The molecule has 0 aliphatic carbocycles. The number of hydrogen-bond donors (Lipinski definition) is 1. The summed E-state index contributed by atoms with van der Waals surface area (Å²) in [5, 5.41) is 4.41. The Labute approximate surface area is 134 Å². The summed E-state index contributed by atoms with van der Waals surface area (Å²) in [7, 11) is 0. The van der Waals surface area contributed by atoms with Crippen LogP contribution in [0.4, 0.5) is 0 Å². The Kier molecular flexibility index (Phi) is 4.63. The highest BCUT2D eigenvalue weighted by Gasteiger charge is 2.34. The van der Waals surface area contributed by atoms with E-state index in [0.717, 1.165) is 25.3 Å². The van der Waals surface area contributed by atoms with Gasteiger partial charge in [0.2, 0.25) is 0 Å². The monoisotopic (exact) mass is 355 g/mol. The van der Waals surface area contributed by atoms with Gasteiger partial charge in [0.25, 0.3) is 0 Å². The summed E-state index contributed by atoms with van der Waals surface area (Å²) in [6, 6.07) is 2.72. The first kappa shape index (κ1) is 14.7. The van der Waals surface area contributed by atoms with Crippen molar-refractivity contribution in [2.24, 2.45) is 0 Å². The largest absolute Gasteiger partial charge is 0.493 e. The minimum absolute atomic E-state index is 0.442. The molecule has 0 spiro atoms. The molecule has 20 heavy (non-hydrogen) atoms. The van der Waals surface area contributed by atoms with Gasteiger partial charge in [-0.1, -0.05) is 29.8 Å². The van der Waals surface area contributed by atoms with Crippen LogP contribution in [0.5, 0.6) is 5.75 Å². The maximum Gasteiger partial charge on any atom is 0.127 e. The van der Waals surface area contributed by atoms with Crippen molar-refractivity contribution in [3.8, 4) is 5.75 Å². The van der Waals surface area contributed by atoms with Crippen molar-refractivity contribution in [1.82, 2.24) is 5.32 Å². The normalized spacial score (nSPS) is 24.1. The van der Waals surface area contributed by atoms with Gasteiger partial charge in [-0.2, -0.15) is 11.8 Å². The number of rotatable bonds is 4. The van der Waals surface area contributed by atoms with Crippen LogP contribution in [0, 0.1) is 0 Å². The van der Waals surface area contributed by atoms with E-state index in [1.165, 1.54) is 39.8 Å². The van der Waals surface area contributed by atoms with Gasteiger partial charge in [-0.15, -0.1) is 0 Å². The second-order valence-electron chi connectivity index (χ2n) is 5.53. The fraction of sp³-hybridized carbons (Fsp3) is 0.625. The van der Waals surface area contributed by atoms with E-state index in [9.17, 15) is 0 Å². The van der Waals surface area contributed by atoms with Crippen molar-refractivity contribution in [2.45, 2.75) is 50.2 Å². The molecule has 4 heteroatoms. The molecule has 3 rings (SSSR count). The lowest BCUT2D eigenvalue weighted by molar-refractivity contribution is 0.352. The fourth-order valence-electron chi connectivity index (χ4n) is 3.22. The highest BCUT2D eigenvalue weighted by atomic mass is 79.9. The van der Waals surface area contributed by atoms with Crippen LogP contribution in [0.3, 0.4) is 0 Å². The number of benzene rings is 1. The maximum absolute atomic E-state index is 5.91. The average Bonchev–Trinajstić information content (AvgIpc) is 2.92. The van der Waals surface area contributed by atoms with Gasteiger partial charge in [-0.3, -0.25) is 0 Å². The van der Waals surface area contributed by atoms with Crippen LogP contribution >= 0.6 is 27.7 Å². The zero-order valence-corrected chi connectivity index (χ0v) is 14.6. The SMILES string of the molecule is CCCNC1c2c(Br)cc3c(c2CSC1CC)OCC3. The minimum Gasteiger partial charge on any atom is -0.493 e. The van der Waals surface area contributed by atoms with Crippen molar-refractivity contribution in [2.75, 3.05) is 13.2 Å². The van der Waals surface area contributed by atoms with Gasteiger partial charge in [-0.05, 0) is 36.6 Å². The number of thioether (sulfide) groups is 1. The van der Waals surface area contributed by atoms with Crippen LogP contribution in [-0.2, 0) is 12.2 Å². The Morgan fingerprint density at radius 3 is 3.05 bits per heavy atom. The lowest BCUT2D eigenvalue weighted by Crippen LogP contribution is -2.34. The Morgan fingerprint density at radius 2 is 2.30 bits per heavy atom. The van der Waals surface area contributed by atoms with Crippen LogP contribution < -0.4 is 10.1 Å². The summed E-state index contributed by atoms with van der Waals surface area (Å²) >= 11 is 5.90. The molecule has 0 bridgehead atoms. The van der Waals surface area contributed by atoms with E-state index < -0.39 is 0 Å². The molecule has 110 valence electrons. The summed E-state index contributed by atoms with van der Waals surface area (Å²) < 4.78 is 7.18. The van der Waals surface area contributed by atoms with Crippen molar-refractivity contribution in [1.29, 1.82) is 0 Å². The predicted octanol–water partition coefficient (Wildman–Crippen LogP) is 4.45. The molecule has 2 nitrogen and oxygen atoms in total. The minimum atomic E-state index is 0.442. The molecule has 0 radical (unpaired) electrons. The van der Waals surface area contributed by atoms with E-state index in [-0.39, 0.29) is 0 Å². The third-order valence-electron chi connectivity index (χ3n) is 4.21. The molecule has 2 heterocycles. The number of nitrogens with one attached hydrogen (secondary N) is 1. The maximum atomic E-state index is 5.91. The summed E-state index contributed by atoms with van der Waals surface area (Å²) in [6.07, 6.45) is 3.43. The molecule has 2 aliphatic rings. The van der Waals surface area contributed by atoms with Gasteiger partial charge in [0.15, 0.2) is 0 Å². The van der Waals surface area contributed by atoms with Crippen LogP contribution in [-0.4, -0.2) is 18.4 Å². The molecule has 1 N–H and O–H groups in total. The molecule has 1 aromatic carbocycles. The Hall–Kier alpha value is -0.190. The first-order valence-electron chi connectivity index (χ1n) is 7.58. The first-order valence-corrected chi connectivity index (χ1v) is 9.42. The second-order valence-corrected chi connectivity index (χ2v) is 7.61. The molecule has 2 atom stereocenters. The summed E-state index contributed by atoms with van der Waals surface area (Å²) in [6.45, 7) is 6.44.